The number of para-hydroxylation sites is 1. The molecule has 0 bridgehead atoms. The van der Waals surface area contributed by atoms with Crippen molar-refractivity contribution in [3.63, 3.8) is 0 Å². The molecule has 0 heterocycles. The van der Waals surface area contributed by atoms with Gasteiger partial charge in [0.15, 0.2) is 6.61 Å². The van der Waals surface area contributed by atoms with Crippen LogP contribution in [0.3, 0.4) is 0 Å². The number of hydrogen-bond acceptors (Lipinski definition) is 5. The average molecular weight is 397 g/mol. The van der Waals surface area contributed by atoms with E-state index in [0.29, 0.717) is 29.3 Å². The van der Waals surface area contributed by atoms with Crippen molar-refractivity contribution in [2.45, 2.75) is 13.8 Å². The lowest BCUT2D eigenvalue weighted by molar-refractivity contribution is -0.119. The number of rotatable bonds is 8. The normalized spacial score (nSPS) is 10.4. The summed E-state index contributed by atoms with van der Waals surface area (Å²) in [4.78, 5) is 38.7. The fourth-order valence-electron chi connectivity index (χ4n) is 2.49. The molecule has 2 aromatic rings. The largest absolute Gasteiger partial charge is 0.452 e. The van der Waals surface area contributed by atoms with Crippen molar-refractivity contribution in [3.05, 3.63) is 59.7 Å². The number of carbonyl (C=O) groups excluding carboxylic acids is 3. The maximum Gasteiger partial charge on any atom is 0.338 e. The molecule has 2 rings (SSSR count). The smallest absolute Gasteiger partial charge is 0.338 e. The van der Waals surface area contributed by atoms with Crippen LogP contribution in [0.2, 0.25) is 0 Å². The Morgan fingerprint density at radius 2 is 1.76 bits per heavy atom. The van der Waals surface area contributed by atoms with E-state index in [9.17, 15) is 14.4 Å². The highest BCUT2D eigenvalue weighted by atomic mass is 16.5. The predicted octanol–water partition coefficient (Wildman–Crippen LogP) is 2.93. The molecule has 29 heavy (non-hydrogen) atoms. The average Bonchev–Trinajstić information content (AvgIpc) is 2.70. The third-order valence-electron chi connectivity index (χ3n) is 4.05. The molecule has 0 aliphatic carbocycles. The van der Waals surface area contributed by atoms with Crippen LogP contribution >= 0.6 is 0 Å². The highest BCUT2D eigenvalue weighted by molar-refractivity contribution is 6.04. The predicted molar refractivity (Wildman–Crippen MR) is 113 cm³/mol. The molecule has 0 aliphatic heterocycles. The van der Waals surface area contributed by atoms with Gasteiger partial charge in [-0.15, -0.1) is 0 Å². The molecule has 0 fully saturated rings. The minimum absolute atomic E-state index is 0.271. The number of esters is 1. The Morgan fingerprint density at radius 3 is 2.45 bits per heavy atom. The summed E-state index contributed by atoms with van der Waals surface area (Å²) >= 11 is 0. The molecule has 154 valence electrons. The van der Waals surface area contributed by atoms with E-state index >= 15 is 0 Å². The van der Waals surface area contributed by atoms with Crippen LogP contribution in [0.15, 0.2) is 48.5 Å². The first-order chi connectivity index (χ1) is 13.8. The number of carbonyl (C=O) groups is 3. The quantitative estimate of drug-likeness (QED) is 0.669. The van der Waals surface area contributed by atoms with Gasteiger partial charge in [-0.25, -0.2) is 4.79 Å². The summed E-state index contributed by atoms with van der Waals surface area (Å²) in [5.74, 6) is -1.07. The molecule has 2 aromatic carbocycles. The van der Waals surface area contributed by atoms with Crippen LogP contribution in [-0.2, 0) is 9.53 Å². The van der Waals surface area contributed by atoms with Crippen molar-refractivity contribution in [1.82, 2.24) is 5.32 Å². The van der Waals surface area contributed by atoms with E-state index in [2.05, 4.69) is 10.6 Å². The maximum atomic E-state index is 12.3. The summed E-state index contributed by atoms with van der Waals surface area (Å²) in [6.45, 7) is 4.07. The second-order valence-electron chi connectivity index (χ2n) is 7.22. The Balaban J connectivity index is 1.97. The van der Waals surface area contributed by atoms with E-state index in [1.165, 1.54) is 0 Å². The SMILES string of the molecule is CC(C)CNC(=O)c1ccccc1NC(=O)COC(=O)c1cccc(N(C)C)c1. The number of benzene rings is 2. The van der Waals surface area contributed by atoms with E-state index < -0.39 is 18.5 Å². The molecule has 7 nitrogen and oxygen atoms in total. The highest BCUT2D eigenvalue weighted by Gasteiger charge is 2.15. The van der Waals surface area contributed by atoms with Crippen LogP contribution in [0.5, 0.6) is 0 Å². The Hall–Kier alpha value is -3.35. The van der Waals surface area contributed by atoms with Crippen molar-refractivity contribution in [3.8, 4) is 0 Å². The van der Waals surface area contributed by atoms with Crippen molar-refractivity contribution in [2.75, 3.05) is 37.5 Å². The fraction of sp³-hybridized carbons (Fsp3) is 0.318. The number of hydrogen-bond donors (Lipinski definition) is 2. The molecule has 0 saturated heterocycles. The molecule has 0 atom stereocenters. The molecule has 0 radical (unpaired) electrons. The molecular weight excluding hydrogens is 370 g/mol. The minimum Gasteiger partial charge on any atom is -0.452 e. The highest BCUT2D eigenvalue weighted by Crippen LogP contribution is 2.16. The van der Waals surface area contributed by atoms with E-state index in [1.807, 2.05) is 38.9 Å². The van der Waals surface area contributed by atoms with Gasteiger partial charge in [0.2, 0.25) is 0 Å². The second-order valence-corrected chi connectivity index (χ2v) is 7.22. The van der Waals surface area contributed by atoms with Crippen molar-refractivity contribution in [2.24, 2.45) is 5.92 Å². The topological polar surface area (TPSA) is 87.7 Å². The molecule has 7 heteroatoms. The van der Waals surface area contributed by atoms with E-state index in [-0.39, 0.29) is 5.91 Å². The molecule has 0 spiro atoms. The number of ether oxygens (including phenoxy) is 1. The summed E-state index contributed by atoms with van der Waals surface area (Å²) in [6, 6.07) is 13.6. The molecule has 2 amide bonds. The molecular formula is C22H27N3O4. The minimum atomic E-state index is -0.591. The van der Waals surface area contributed by atoms with E-state index in [0.717, 1.165) is 5.69 Å². The van der Waals surface area contributed by atoms with Gasteiger partial charge >= 0.3 is 5.97 Å². The number of nitrogens with one attached hydrogen (secondary N) is 2. The van der Waals surface area contributed by atoms with Crippen LogP contribution < -0.4 is 15.5 Å². The summed E-state index contributed by atoms with van der Waals surface area (Å²) in [6.07, 6.45) is 0. The van der Waals surface area contributed by atoms with Crippen molar-refractivity contribution in [1.29, 1.82) is 0 Å². The first-order valence-electron chi connectivity index (χ1n) is 9.39. The number of amides is 2. The zero-order valence-corrected chi connectivity index (χ0v) is 17.2. The van der Waals surface area contributed by atoms with Crippen LogP contribution in [0.1, 0.15) is 34.6 Å². The molecule has 2 N–H and O–H groups in total. The Bertz CT molecular complexity index is 878. The lowest BCUT2D eigenvalue weighted by Gasteiger charge is -2.14. The molecule has 0 aromatic heterocycles. The fourth-order valence-corrected chi connectivity index (χ4v) is 2.49. The standard InChI is InChI=1S/C22H27N3O4/c1-15(2)13-23-21(27)18-10-5-6-11-19(18)24-20(26)14-29-22(28)16-8-7-9-17(12-16)25(3)4/h5-12,15H,13-14H2,1-4H3,(H,23,27)(H,24,26). The molecule has 0 unspecified atom stereocenters. The van der Waals surface area contributed by atoms with Crippen molar-refractivity contribution < 1.29 is 19.1 Å². The monoisotopic (exact) mass is 397 g/mol. The summed E-state index contributed by atoms with van der Waals surface area (Å²) in [5, 5.41) is 5.45. The van der Waals surface area contributed by atoms with Crippen molar-refractivity contribution >= 4 is 29.2 Å². The molecule has 0 saturated carbocycles. The first-order valence-corrected chi connectivity index (χ1v) is 9.39. The van der Waals surface area contributed by atoms with Gasteiger partial charge in [0, 0.05) is 26.3 Å². The Kier molecular flexibility index (Phi) is 7.77. The number of anilines is 2. The Morgan fingerprint density at radius 1 is 1.03 bits per heavy atom. The van der Waals surface area contributed by atoms with Gasteiger partial charge in [0.25, 0.3) is 11.8 Å². The molecule has 0 aliphatic rings. The third kappa shape index (κ3) is 6.64. The zero-order valence-electron chi connectivity index (χ0n) is 17.2. The maximum absolute atomic E-state index is 12.3. The van der Waals surface area contributed by atoms with Gasteiger partial charge in [-0.3, -0.25) is 9.59 Å². The summed E-state index contributed by atoms with van der Waals surface area (Å²) in [5.41, 5.74) is 1.93. The first kappa shape index (κ1) is 21.9. The van der Waals surface area contributed by atoms with Crippen LogP contribution in [0.25, 0.3) is 0 Å². The van der Waals surface area contributed by atoms with Crippen LogP contribution in [0, 0.1) is 5.92 Å². The van der Waals surface area contributed by atoms with Crippen LogP contribution in [0.4, 0.5) is 11.4 Å². The van der Waals surface area contributed by atoms with E-state index in [4.69, 9.17) is 4.74 Å². The lowest BCUT2D eigenvalue weighted by Crippen LogP contribution is -2.29. The van der Waals surface area contributed by atoms with Gasteiger partial charge < -0.3 is 20.3 Å². The second kappa shape index (κ2) is 10.3. The van der Waals surface area contributed by atoms with Gasteiger partial charge in [-0.1, -0.05) is 32.0 Å². The zero-order chi connectivity index (χ0) is 21.4. The van der Waals surface area contributed by atoms with E-state index in [1.54, 1.807) is 42.5 Å². The van der Waals surface area contributed by atoms with Crippen LogP contribution in [-0.4, -0.2) is 45.0 Å². The van der Waals surface area contributed by atoms with Gasteiger partial charge in [-0.2, -0.15) is 0 Å². The third-order valence-corrected chi connectivity index (χ3v) is 4.05. The van der Waals surface area contributed by atoms with Gasteiger partial charge in [-0.05, 0) is 36.2 Å². The van der Waals surface area contributed by atoms with Gasteiger partial charge in [0.1, 0.15) is 0 Å². The number of nitrogens with zero attached hydrogens (tertiary/aromatic N) is 1. The lowest BCUT2D eigenvalue weighted by atomic mass is 10.1. The summed E-state index contributed by atoms with van der Waals surface area (Å²) in [7, 11) is 3.74. The Labute approximate surface area is 171 Å². The van der Waals surface area contributed by atoms with Gasteiger partial charge in [0.05, 0.1) is 16.8 Å². The summed E-state index contributed by atoms with van der Waals surface area (Å²) < 4.78 is 5.11.